The van der Waals surface area contributed by atoms with E-state index < -0.39 is 35.2 Å². The topological polar surface area (TPSA) is 77.8 Å². The van der Waals surface area contributed by atoms with Gasteiger partial charge in [-0.25, -0.2) is 0 Å². The minimum atomic E-state index is -4.69. The summed E-state index contributed by atoms with van der Waals surface area (Å²) in [5.74, 6) is -3.06. The van der Waals surface area contributed by atoms with E-state index in [9.17, 15) is 33.0 Å². The summed E-state index contributed by atoms with van der Waals surface area (Å²) >= 11 is 11.9. The highest BCUT2D eigenvalue weighted by Crippen LogP contribution is 2.44. The first-order valence-corrected chi connectivity index (χ1v) is 10.5. The molecule has 1 fully saturated rings. The molecule has 0 bridgehead atoms. The van der Waals surface area contributed by atoms with Crippen LogP contribution in [0.4, 0.5) is 18.9 Å². The first kappa shape index (κ1) is 23.7. The molecule has 0 aliphatic carbocycles. The van der Waals surface area contributed by atoms with E-state index in [0.29, 0.717) is 0 Å². The Kier molecular flexibility index (Phi) is 6.05. The van der Waals surface area contributed by atoms with Crippen LogP contribution in [0.25, 0.3) is 5.76 Å². The average Bonchev–Trinajstić information content (AvgIpc) is 3.05. The molecule has 1 unspecified atom stereocenters. The van der Waals surface area contributed by atoms with Crippen LogP contribution in [-0.4, -0.2) is 21.9 Å². The summed E-state index contributed by atoms with van der Waals surface area (Å²) in [6, 6.07) is 12.1. The quantitative estimate of drug-likeness (QED) is 0.246. The summed E-state index contributed by atoms with van der Waals surface area (Å²) in [7, 11) is 0. The van der Waals surface area contributed by atoms with Crippen LogP contribution < -0.4 is 4.90 Å². The van der Waals surface area contributed by atoms with Crippen molar-refractivity contribution in [1.29, 1.82) is 0 Å². The minimum Gasteiger partial charge on any atom is -0.508 e. The maximum Gasteiger partial charge on any atom is 0.416 e. The van der Waals surface area contributed by atoms with Crippen LogP contribution in [0, 0.1) is 0 Å². The van der Waals surface area contributed by atoms with Gasteiger partial charge in [0.15, 0.2) is 0 Å². The molecule has 0 radical (unpaired) electrons. The monoisotopic (exact) mass is 507 g/mol. The summed E-state index contributed by atoms with van der Waals surface area (Å²) < 4.78 is 40.0. The Labute approximate surface area is 201 Å². The molecule has 34 heavy (non-hydrogen) atoms. The molecule has 0 saturated carbocycles. The number of nitrogens with zero attached hydrogens (tertiary/aromatic N) is 1. The van der Waals surface area contributed by atoms with Gasteiger partial charge in [-0.1, -0.05) is 41.4 Å². The number of ketones is 1. The van der Waals surface area contributed by atoms with Crippen molar-refractivity contribution >= 4 is 46.3 Å². The molecule has 5 nitrogen and oxygen atoms in total. The molecule has 1 aliphatic heterocycles. The smallest absolute Gasteiger partial charge is 0.416 e. The molecule has 10 heteroatoms. The number of benzene rings is 3. The Morgan fingerprint density at radius 2 is 1.62 bits per heavy atom. The number of phenols is 1. The second kappa shape index (κ2) is 8.70. The molecule has 0 aromatic heterocycles. The molecule has 4 rings (SSSR count). The standard InChI is InChI=1S/C24H14Cl2F3NO4/c25-17-8-7-13(10-18(17)26)21(32)19-20(12-3-1-6-16(31)9-12)30(23(34)22(19)33)15-5-2-4-14(11-15)24(27,28)29/h1-11,20,31-32H/b21-19+. The number of alkyl halides is 3. The Balaban J connectivity index is 1.97. The number of halogens is 5. The van der Waals surface area contributed by atoms with E-state index in [1.54, 1.807) is 0 Å². The lowest BCUT2D eigenvalue weighted by atomic mass is 9.95. The molecule has 1 atom stereocenters. The third-order valence-electron chi connectivity index (χ3n) is 5.28. The van der Waals surface area contributed by atoms with Gasteiger partial charge < -0.3 is 10.2 Å². The molecule has 2 N–H and O–H groups in total. The highest BCUT2D eigenvalue weighted by Gasteiger charge is 2.47. The number of aromatic hydroxyl groups is 1. The van der Waals surface area contributed by atoms with E-state index in [4.69, 9.17) is 23.2 Å². The van der Waals surface area contributed by atoms with Gasteiger partial charge in [-0.15, -0.1) is 0 Å². The maximum absolute atomic E-state index is 13.3. The van der Waals surface area contributed by atoms with Crippen LogP contribution in [0.2, 0.25) is 10.0 Å². The number of Topliss-reactive ketones (excluding diaryl/α,β-unsaturated/α-hetero) is 1. The SMILES string of the molecule is O=C1C(=O)N(c2cccc(C(F)(F)F)c2)C(c2cccc(O)c2)/C1=C(\O)c1ccc(Cl)c(Cl)c1. The van der Waals surface area contributed by atoms with Gasteiger partial charge in [-0.3, -0.25) is 14.5 Å². The van der Waals surface area contributed by atoms with Crippen LogP contribution in [0.5, 0.6) is 5.75 Å². The number of rotatable bonds is 3. The predicted molar refractivity (Wildman–Crippen MR) is 121 cm³/mol. The zero-order valence-corrected chi connectivity index (χ0v) is 18.5. The van der Waals surface area contributed by atoms with Crippen LogP contribution in [0.1, 0.15) is 22.7 Å². The molecule has 1 heterocycles. The average molecular weight is 508 g/mol. The third-order valence-corrected chi connectivity index (χ3v) is 6.01. The summed E-state index contributed by atoms with van der Waals surface area (Å²) in [6.07, 6.45) is -4.69. The Morgan fingerprint density at radius 1 is 0.912 bits per heavy atom. The zero-order chi connectivity index (χ0) is 24.8. The van der Waals surface area contributed by atoms with E-state index in [2.05, 4.69) is 0 Å². The summed E-state index contributed by atoms with van der Waals surface area (Å²) in [6.45, 7) is 0. The maximum atomic E-state index is 13.3. The van der Waals surface area contributed by atoms with Crippen molar-refractivity contribution < 1.29 is 33.0 Å². The third kappa shape index (κ3) is 4.22. The molecule has 1 aliphatic rings. The van der Waals surface area contributed by atoms with Crippen molar-refractivity contribution in [1.82, 2.24) is 0 Å². The number of aliphatic hydroxyl groups is 1. The molecule has 0 spiro atoms. The number of carbonyl (C=O) groups excluding carboxylic acids is 2. The number of phenolic OH excluding ortho intramolecular Hbond substituents is 1. The van der Waals surface area contributed by atoms with Gasteiger partial charge in [0.1, 0.15) is 11.5 Å². The second-order valence-corrected chi connectivity index (χ2v) is 8.26. The Bertz CT molecular complexity index is 1350. The van der Waals surface area contributed by atoms with Gasteiger partial charge in [-0.05, 0) is 54.1 Å². The first-order valence-electron chi connectivity index (χ1n) is 9.71. The van der Waals surface area contributed by atoms with Crippen molar-refractivity contribution in [2.45, 2.75) is 12.2 Å². The van der Waals surface area contributed by atoms with Crippen molar-refractivity contribution in [3.63, 3.8) is 0 Å². The van der Waals surface area contributed by atoms with Crippen molar-refractivity contribution in [3.05, 3.63) is 99.0 Å². The minimum absolute atomic E-state index is 0.0709. The number of hydrogen-bond donors (Lipinski definition) is 2. The predicted octanol–water partition coefficient (Wildman–Crippen LogP) is 6.34. The van der Waals surface area contributed by atoms with E-state index >= 15 is 0 Å². The van der Waals surface area contributed by atoms with E-state index in [1.807, 2.05) is 0 Å². The molecular weight excluding hydrogens is 494 g/mol. The van der Waals surface area contributed by atoms with Crippen molar-refractivity contribution in [2.24, 2.45) is 0 Å². The number of anilines is 1. The molecule has 3 aromatic rings. The largest absolute Gasteiger partial charge is 0.508 e. The lowest BCUT2D eigenvalue weighted by molar-refractivity contribution is -0.137. The molecule has 3 aromatic carbocycles. The van der Waals surface area contributed by atoms with Gasteiger partial charge in [0.05, 0.1) is 27.2 Å². The number of amides is 1. The van der Waals surface area contributed by atoms with Crippen LogP contribution >= 0.6 is 23.2 Å². The lowest BCUT2D eigenvalue weighted by Crippen LogP contribution is -2.29. The summed E-state index contributed by atoms with van der Waals surface area (Å²) in [5.41, 5.74) is -1.35. The Morgan fingerprint density at radius 3 is 2.26 bits per heavy atom. The fraction of sp³-hybridized carbons (Fsp3) is 0.0833. The van der Waals surface area contributed by atoms with E-state index in [1.165, 1.54) is 48.5 Å². The number of aliphatic hydroxyl groups excluding tert-OH is 1. The van der Waals surface area contributed by atoms with Crippen LogP contribution in [0.3, 0.4) is 0 Å². The first-order chi connectivity index (χ1) is 16.0. The van der Waals surface area contributed by atoms with E-state index in [-0.39, 0.29) is 38.2 Å². The normalized spacial score (nSPS) is 17.9. The molecular formula is C24H14Cl2F3NO4. The van der Waals surface area contributed by atoms with Gasteiger partial charge in [0.25, 0.3) is 11.7 Å². The number of carbonyl (C=O) groups is 2. The van der Waals surface area contributed by atoms with Gasteiger partial charge in [0.2, 0.25) is 0 Å². The highest BCUT2D eigenvalue weighted by atomic mass is 35.5. The zero-order valence-electron chi connectivity index (χ0n) is 17.0. The van der Waals surface area contributed by atoms with Gasteiger partial charge in [-0.2, -0.15) is 13.2 Å². The highest BCUT2D eigenvalue weighted by molar-refractivity contribution is 6.51. The summed E-state index contributed by atoms with van der Waals surface area (Å²) in [5, 5.41) is 21.2. The Hall–Kier alpha value is -3.49. The van der Waals surface area contributed by atoms with Crippen molar-refractivity contribution in [3.8, 4) is 5.75 Å². The van der Waals surface area contributed by atoms with Crippen LogP contribution in [-0.2, 0) is 15.8 Å². The van der Waals surface area contributed by atoms with Crippen molar-refractivity contribution in [2.75, 3.05) is 4.90 Å². The van der Waals surface area contributed by atoms with E-state index in [0.717, 1.165) is 23.1 Å². The fourth-order valence-corrected chi connectivity index (χ4v) is 4.04. The molecule has 1 saturated heterocycles. The van der Waals surface area contributed by atoms with Gasteiger partial charge in [0, 0.05) is 11.3 Å². The molecule has 174 valence electrons. The van der Waals surface area contributed by atoms with Crippen LogP contribution in [0.15, 0.2) is 72.3 Å². The lowest BCUT2D eigenvalue weighted by Gasteiger charge is -2.26. The second-order valence-electron chi connectivity index (χ2n) is 7.44. The van der Waals surface area contributed by atoms with Gasteiger partial charge >= 0.3 is 6.18 Å². The number of hydrogen-bond acceptors (Lipinski definition) is 4. The fourth-order valence-electron chi connectivity index (χ4n) is 3.74. The molecule has 1 amide bonds. The summed E-state index contributed by atoms with van der Waals surface area (Å²) in [4.78, 5) is 27.0.